The fourth-order valence-electron chi connectivity index (χ4n) is 3.85. The molecule has 8 heteroatoms. The van der Waals surface area contributed by atoms with E-state index in [0.29, 0.717) is 36.5 Å². The minimum Gasteiger partial charge on any atom is -0.367 e. The SMILES string of the molecule is CCN1CCN(c2ccccc2NC(=O)CCCc2nc(-c3ccc(F)cc3)no2)CC1. The number of hydrogen-bond acceptors (Lipinski definition) is 6. The number of aromatic nitrogens is 2. The van der Waals surface area contributed by atoms with Crippen LogP contribution in [0.4, 0.5) is 15.8 Å². The van der Waals surface area contributed by atoms with Crippen LogP contribution in [-0.4, -0.2) is 53.7 Å². The van der Waals surface area contributed by atoms with Gasteiger partial charge in [-0.2, -0.15) is 4.98 Å². The predicted molar refractivity (Wildman–Crippen MR) is 122 cm³/mol. The van der Waals surface area contributed by atoms with Crippen molar-refractivity contribution in [3.05, 3.63) is 60.2 Å². The average Bonchev–Trinajstić information content (AvgIpc) is 3.29. The second-order valence-corrected chi connectivity index (χ2v) is 7.86. The summed E-state index contributed by atoms with van der Waals surface area (Å²) < 4.78 is 18.3. The molecular weight excluding hydrogens is 409 g/mol. The van der Waals surface area contributed by atoms with E-state index in [4.69, 9.17) is 4.52 Å². The monoisotopic (exact) mass is 437 g/mol. The van der Waals surface area contributed by atoms with Crippen molar-refractivity contribution in [2.75, 3.05) is 42.9 Å². The van der Waals surface area contributed by atoms with Crippen LogP contribution < -0.4 is 10.2 Å². The molecule has 0 aliphatic carbocycles. The Morgan fingerprint density at radius 3 is 2.59 bits per heavy atom. The Morgan fingerprint density at radius 2 is 1.84 bits per heavy atom. The topological polar surface area (TPSA) is 74.5 Å². The van der Waals surface area contributed by atoms with E-state index in [1.165, 1.54) is 12.1 Å². The van der Waals surface area contributed by atoms with Gasteiger partial charge in [0.2, 0.25) is 17.6 Å². The van der Waals surface area contributed by atoms with Crippen LogP contribution in [0.5, 0.6) is 0 Å². The van der Waals surface area contributed by atoms with E-state index in [1.807, 2.05) is 18.2 Å². The van der Waals surface area contributed by atoms with Crippen molar-refractivity contribution in [2.24, 2.45) is 0 Å². The van der Waals surface area contributed by atoms with E-state index in [-0.39, 0.29) is 11.7 Å². The smallest absolute Gasteiger partial charge is 0.226 e. The molecule has 1 fully saturated rings. The molecule has 7 nitrogen and oxygen atoms in total. The first kappa shape index (κ1) is 22.0. The highest BCUT2D eigenvalue weighted by Crippen LogP contribution is 2.27. The molecule has 0 radical (unpaired) electrons. The van der Waals surface area contributed by atoms with E-state index in [9.17, 15) is 9.18 Å². The summed E-state index contributed by atoms with van der Waals surface area (Å²) in [5.74, 6) is 0.532. The number of likely N-dealkylation sites (N-methyl/N-ethyl adjacent to an activating group) is 1. The number of piperazine rings is 1. The summed E-state index contributed by atoms with van der Waals surface area (Å²) in [6.45, 7) is 7.22. The fourth-order valence-corrected chi connectivity index (χ4v) is 3.85. The maximum absolute atomic E-state index is 13.1. The van der Waals surface area contributed by atoms with Crippen molar-refractivity contribution in [1.82, 2.24) is 15.0 Å². The van der Waals surface area contributed by atoms with Gasteiger partial charge >= 0.3 is 0 Å². The molecule has 2 heterocycles. The van der Waals surface area contributed by atoms with Crippen molar-refractivity contribution >= 4 is 17.3 Å². The van der Waals surface area contributed by atoms with Gasteiger partial charge < -0.3 is 19.6 Å². The molecule has 1 aromatic heterocycles. The van der Waals surface area contributed by atoms with E-state index in [1.54, 1.807) is 12.1 Å². The zero-order chi connectivity index (χ0) is 22.3. The number of para-hydroxylation sites is 2. The Balaban J connectivity index is 1.28. The Morgan fingerprint density at radius 1 is 1.09 bits per heavy atom. The van der Waals surface area contributed by atoms with Crippen molar-refractivity contribution < 1.29 is 13.7 Å². The minimum absolute atomic E-state index is 0.0390. The van der Waals surface area contributed by atoms with E-state index in [0.717, 1.165) is 44.1 Å². The van der Waals surface area contributed by atoms with Crippen LogP contribution in [0.25, 0.3) is 11.4 Å². The molecule has 3 aromatic rings. The van der Waals surface area contributed by atoms with Gasteiger partial charge in [0.1, 0.15) is 5.82 Å². The highest BCUT2D eigenvalue weighted by atomic mass is 19.1. The average molecular weight is 438 g/mol. The van der Waals surface area contributed by atoms with Crippen LogP contribution in [0.2, 0.25) is 0 Å². The lowest BCUT2D eigenvalue weighted by atomic mass is 10.2. The number of benzene rings is 2. The van der Waals surface area contributed by atoms with Crippen molar-refractivity contribution in [2.45, 2.75) is 26.2 Å². The summed E-state index contributed by atoms with van der Waals surface area (Å²) in [4.78, 5) is 21.6. The highest BCUT2D eigenvalue weighted by molar-refractivity contribution is 5.94. The number of halogens is 1. The highest BCUT2D eigenvalue weighted by Gasteiger charge is 2.19. The predicted octanol–water partition coefficient (Wildman–Crippen LogP) is 3.98. The standard InChI is InChI=1S/C24H28FN5O2/c1-2-29-14-16-30(17-15-29)21-7-4-3-6-20(21)26-22(31)8-5-9-23-27-24(28-32-23)18-10-12-19(25)13-11-18/h3-4,6-7,10-13H,2,5,8-9,14-17H2,1H3,(H,26,31). The lowest BCUT2D eigenvalue weighted by Crippen LogP contribution is -2.46. The summed E-state index contributed by atoms with van der Waals surface area (Å²) in [6.07, 6.45) is 1.45. The van der Waals surface area contributed by atoms with Crippen molar-refractivity contribution in [1.29, 1.82) is 0 Å². The Labute approximate surface area is 187 Å². The van der Waals surface area contributed by atoms with Gasteiger partial charge in [0.25, 0.3) is 0 Å². The number of amides is 1. The number of carbonyl (C=O) groups excluding carboxylic acids is 1. The summed E-state index contributed by atoms with van der Waals surface area (Å²) in [5, 5.41) is 7.00. The first-order valence-electron chi connectivity index (χ1n) is 11.1. The number of hydrogen-bond donors (Lipinski definition) is 1. The Bertz CT molecular complexity index is 1030. The number of nitrogens with zero attached hydrogens (tertiary/aromatic N) is 4. The summed E-state index contributed by atoms with van der Waals surface area (Å²) in [5.41, 5.74) is 2.60. The van der Waals surface area contributed by atoms with Crippen molar-refractivity contribution in [3.63, 3.8) is 0 Å². The number of carbonyl (C=O) groups is 1. The molecule has 1 N–H and O–H groups in total. The second kappa shape index (κ2) is 10.4. The zero-order valence-corrected chi connectivity index (χ0v) is 18.3. The van der Waals surface area contributed by atoms with Crippen LogP contribution in [0.1, 0.15) is 25.7 Å². The molecule has 1 saturated heterocycles. The van der Waals surface area contributed by atoms with E-state index >= 15 is 0 Å². The quantitative estimate of drug-likeness (QED) is 0.575. The number of anilines is 2. The Kier molecular flexibility index (Phi) is 7.11. The fraction of sp³-hybridized carbons (Fsp3) is 0.375. The number of aryl methyl sites for hydroxylation is 1. The van der Waals surface area contributed by atoms with E-state index in [2.05, 4.69) is 38.2 Å². The van der Waals surface area contributed by atoms with Gasteiger partial charge in [-0.25, -0.2) is 4.39 Å². The Hall–Kier alpha value is -3.26. The third-order valence-electron chi connectivity index (χ3n) is 5.70. The zero-order valence-electron chi connectivity index (χ0n) is 18.3. The maximum Gasteiger partial charge on any atom is 0.226 e. The number of rotatable bonds is 8. The molecule has 0 saturated carbocycles. The molecule has 0 unspecified atom stereocenters. The lowest BCUT2D eigenvalue weighted by Gasteiger charge is -2.36. The van der Waals surface area contributed by atoms with Crippen molar-refractivity contribution in [3.8, 4) is 11.4 Å². The normalized spacial score (nSPS) is 14.5. The molecule has 0 bridgehead atoms. The molecule has 168 valence electrons. The maximum atomic E-state index is 13.1. The van der Waals surface area contributed by atoms with E-state index < -0.39 is 0 Å². The molecule has 1 amide bonds. The van der Waals surface area contributed by atoms with Crippen LogP contribution in [0, 0.1) is 5.82 Å². The lowest BCUT2D eigenvalue weighted by molar-refractivity contribution is -0.116. The number of nitrogens with one attached hydrogen (secondary N) is 1. The molecule has 32 heavy (non-hydrogen) atoms. The molecule has 0 spiro atoms. The van der Waals surface area contributed by atoms with Gasteiger partial charge in [-0.05, 0) is 49.4 Å². The third-order valence-corrected chi connectivity index (χ3v) is 5.70. The molecular formula is C24H28FN5O2. The molecule has 1 aliphatic rings. The minimum atomic E-state index is -0.312. The first-order valence-corrected chi connectivity index (χ1v) is 11.1. The molecule has 1 aliphatic heterocycles. The third kappa shape index (κ3) is 5.50. The van der Waals surface area contributed by atoms with Gasteiger partial charge in [-0.1, -0.05) is 24.2 Å². The molecule has 2 aromatic carbocycles. The summed E-state index contributed by atoms with van der Waals surface area (Å²) >= 11 is 0. The molecule has 0 atom stereocenters. The molecule has 4 rings (SSSR count). The second-order valence-electron chi connectivity index (χ2n) is 7.86. The van der Waals surface area contributed by atoms with Gasteiger partial charge in [0.05, 0.1) is 11.4 Å². The van der Waals surface area contributed by atoms with Crippen LogP contribution in [0.3, 0.4) is 0 Å². The van der Waals surface area contributed by atoms with Gasteiger partial charge in [-0.15, -0.1) is 0 Å². The van der Waals surface area contributed by atoms with Gasteiger partial charge in [-0.3, -0.25) is 4.79 Å². The largest absolute Gasteiger partial charge is 0.367 e. The van der Waals surface area contributed by atoms with Crippen LogP contribution >= 0.6 is 0 Å². The first-order chi connectivity index (χ1) is 15.6. The van der Waals surface area contributed by atoms with Gasteiger partial charge in [0.15, 0.2) is 0 Å². The van der Waals surface area contributed by atoms with Gasteiger partial charge in [0, 0.05) is 44.6 Å². The summed E-state index contributed by atoms with van der Waals surface area (Å²) in [7, 11) is 0. The summed E-state index contributed by atoms with van der Waals surface area (Å²) in [6, 6.07) is 13.9. The van der Waals surface area contributed by atoms with Crippen LogP contribution in [-0.2, 0) is 11.2 Å². The van der Waals surface area contributed by atoms with Crippen LogP contribution in [0.15, 0.2) is 53.1 Å².